The number of benzene rings is 1. The molecule has 0 bridgehead atoms. The van der Waals surface area contributed by atoms with E-state index >= 15 is 0 Å². The molecule has 35 heavy (non-hydrogen) atoms. The minimum absolute atomic E-state index is 0.0700. The summed E-state index contributed by atoms with van der Waals surface area (Å²) in [5.41, 5.74) is 2.86. The average molecular weight is 473 g/mol. The van der Waals surface area contributed by atoms with Crippen LogP contribution in [0.5, 0.6) is 0 Å². The first kappa shape index (κ1) is 24.3. The first-order chi connectivity index (χ1) is 16.9. The SMILES string of the molecule is Cc1nccc(NCC(=O)N2CCC[C@H]2C(=O)N[C@@H](c2ccccc2)c2ccc(C(C)C)cn2)n1. The summed E-state index contributed by atoms with van der Waals surface area (Å²) in [6, 6.07) is 14.6. The number of hydrogen-bond donors (Lipinski definition) is 2. The van der Waals surface area contributed by atoms with Crippen LogP contribution in [0.4, 0.5) is 5.82 Å². The van der Waals surface area contributed by atoms with Gasteiger partial charge in [-0.15, -0.1) is 0 Å². The number of rotatable bonds is 8. The van der Waals surface area contributed by atoms with Crippen molar-refractivity contribution in [1.82, 2.24) is 25.2 Å². The third kappa shape index (κ3) is 6.01. The monoisotopic (exact) mass is 472 g/mol. The lowest BCUT2D eigenvalue weighted by Crippen LogP contribution is -2.48. The number of nitrogens with one attached hydrogen (secondary N) is 2. The summed E-state index contributed by atoms with van der Waals surface area (Å²) in [5.74, 6) is 1.29. The normalized spacial score (nSPS) is 16.2. The molecule has 1 aromatic carbocycles. The Hall–Kier alpha value is -3.81. The molecular formula is C27H32N6O2. The summed E-state index contributed by atoms with van der Waals surface area (Å²) in [7, 11) is 0. The van der Waals surface area contributed by atoms with E-state index < -0.39 is 12.1 Å². The first-order valence-electron chi connectivity index (χ1n) is 12.1. The second kappa shape index (κ2) is 11.1. The third-order valence-electron chi connectivity index (χ3n) is 6.26. The lowest BCUT2D eigenvalue weighted by molar-refractivity contribution is -0.137. The van der Waals surface area contributed by atoms with Crippen LogP contribution in [0.3, 0.4) is 0 Å². The van der Waals surface area contributed by atoms with Crippen molar-refractivity contribution in [2.75, 3.05) is 18.4 Å². The van der Waals surface area contributed by atoms with Gasteiger partial charge in [-0.1, -0.05) is 50.2 Å². The topological polar surface area (TPSA) is 100 Å². The molecule has 4 rings (SSSR count). The fraction of sp³-hybridized carbons (Fsp3) is 0.370. The van der Waals surface area contributed by atoms with E-state index in [1.807, 2.05) is 42.6 Å². The Labute approximate surface area is 206 Å². The molecule has 2 amide bonds. The number of anilines is 1. The van der Waals surface area contributed by atoms with Crippen LogP contribution in [0.1, 0.15) is 61.3 Å². The smallest absolute Gasteiger partial charge is 0.243 e. The van der Waals surface area contributed by atoms with Gasteiger partial charge in [-0.05, 0) is 48.9 Å². The van der Waals surface area contributed by atoms with E-state index in [4.69, 9.17) is 0 Å². The van der Waals surface area contributed by atoms with Crippen molar-refractivity contribution in [3.05, 3.63) is 83.6 Å². The van der Waals surface area contributed by atoms with Crippen LogP contribution >= 0.6 is 0 Å². The Morgan fingerprint density at radius 3 is 2.54 bits per heavy atom. The number of pyridine rings is 1. The molecule has 2 aromatic heterocycles. The van der Waals surface area contributed by atoms with Gasteiger partial charge in [0.1, 0.15) is 17.7 Å². The van der Waals surface area contributed by atoms with Crippen molar-refractivity contribution in [2.24, 2.45) is 0 Å². The first-order valence-corrected chi connectivity index (χ1v) is 12.1. The Balaban J connectivity index is 1.47. The fourth-order valence-corrected chi connectivity index (χ4v) is 4.30. The zero-order valence-corrected chi connectivity index (χ0v) is 20.4. The zero-order chi connectivity index (χ0) is 24.8. The van der Waals surface area contributed by atoms with Crippen molar-refractivity contribution >= 4 is 17.6 Å². The van der Waals surface area contributed by atoms with Crippen molar-refractivity contribution in [2.45, 2.75) is 51.6 Å². The molecular weight excluding hydrogens is 440 g/mol. The lowest BCUT2D eigenvalue weighted by atomic mass is 10.00. The van der Waals surface area contributed by atoms with Gasteiger partial charge in [-0.2, -0.15) is 0 Å². The second-order valence-corrected chi connectivity index (χ2v) is 9.11. The van der Waals surface area contributed by atoms with Crippen LogP contribution in [0.2, 0.25) is 0 Å². The highest BCUT2D eigenvalue weighted by Gasteiger charge is 2.35. The summed E-state index contributed by atoms with van der Waals surface area (Å²) < 4.78 is 0. The molecule has 0 unspecified atom stereocenters. The number of amides is 2. The standard InChI is InChI=1S/C27H32N6O2/c1-18(2)21-11-12-22(29-16-21)26(20-8-5-4-6-9-20)32-27(35)23-10-7-15-33(23)25(34)17-30-24-13-14-28-19(3)31-24/h4-6,8-9,11-14,16,18,23,26H,7,10,15,17H2,1-3H3,(H,32,35)(H,28,30,31)/t23-,26-/m0/s1. The molecule has 0 saturated carbocycles. The molecule has 0 aliphatic carbocycles. The summed E-state index contributed by atoms with van der Waals surface area (Å²) in [6.45, 7) is 6.67. The summed E-state index contributed by atoms with van der Waals surface area (Å²) in [5, 5.41) is 6.21. The van der Waals surface area contributed by atoms with Gasteiger partial charge < -0.3 is 15.5 Å². The summed E-state index contributed by atoms with van der Waals surface area (Å²) in [6.07, 6.45) is 4.93. The molecule has 2 N–H and O–H groups in total. The summed E-state index contributed by atoms with van der Waals surface area (Å²) in [4.78, 5) is 41.1. The molecule has 8 heteroatoms. The Bertz CT molecular complexity index is 1150. The van der Waals surface area contributed by atoms with Gasteiger partial charge in [0.25, 0.3) is 0 Å². The Kier molecular flexibility index (Phi) is 7.70. The van der Waals surface area contributed by atoms with Crippen molar-refractivity contribution < 1.29 is 9.59 Å². The van der Waals surface area contributed by atoms with Crippen LogP contribution < -0.4 is 10.6 Å². The molecule has 1 fully saturated rings. The van der Waals surface area contributed by atoms with Crippen molar-refractivity contribution in [3.63, 3.8) is 0 Å². The quantitative estimate of drug-likeness (QED) is 0.520. The average Bonchev–Trinajstić information content (AvgIpc) is 3.37. The number of aromatic nitrogens is 3. The molecule has 1 aliphatic rings. The maximum absolute atomic E-state index is 13.4. The maximum atomic E-state index is 13.4. The minimum atomic E-state index is -0.516. The van der Waals surface area contributed by atoms with Gasteiger partial charge in [0, 0.05) is 18.9 Å². The number of hydrogen-bond acceptors (Lipinski definition) is 6. The Morgan fingerprint density at radius 2 is 1.86 bits per heavy atom. The largest absolute Gasteiger partial charge is 0.361 e. The van der Waals surface area contributed by atoms with E-state index in [0.717, 1.165) is 23.2 Å². The van der Waals surface area contributed by atoms with Gasteiger partial charge in [0.15, 0.2) is 0 Å². The molecule has 182 valence electrons. The fourth-order valence-electron chi connectivity index (χ4n) is 4.30. The van der Waals surface area contributed by atoms with E-state index in [2.05, 4.69) is 45.5 Å². The molecule has 1 saturated heterocycles. The number of likely N-dealkylation sites (tertiary alicyclic amines) is 1. The number of aryl methyl sites for hydroxylation is 1. The van der Waals surface area contributed by atoms with Gasteiger partial charge in [0.2, 0.25) is 11.8 Å². The van der Waals surface area contributed by atoms with E-state index in [-0.39, 0.29) is 18.4 Å². The number of carbonyl (C=O) groups excluding carboxylic acids is 2. The maximum Gasteiger partial charge on any atom is 0.243 e. The van der Waals surface area contributed by atoms with E-state index in [1.165, 1.54) is 0 Å². The molecule has 0 radical (unpaired) electrons. The predicted molar refractivity (Wildman–Crippen MR) is 135 cm³/mol. The van der Waals surface area contributed by atoms with E-state index in [9.17, 15) is 9.59 Å². The van der Waals surface area contributed by atoms with Gasteiger partial charge >= 0.3 is 0 Å². The second-order valence-electron chi connectivity index (χ2n) is 9.11. The molecule has 0 spiro atoms. The lowest BCUT2D eigenvalue weighted by Gasteiger charge is -2.27. The van der Waals surface area contributed by atoms with Gasteiger partial charge in [-0.25, -0.2) is 9.97 Å². The van der Waals surface area contributed by atoms with Crippen molar-refractivity contribution in [1.29, 1.82) is 0 Å². The molecule has 3 aromatic rings. The van der Waals surface area contributed by atoms with Crippen LogP contribution in [0.25, 0.3) is 0 Å². The number of carbonyl (C=O) groups is 2. The zero-order valence-electron chi connectivity index (χ0n) is 20.4. The van der Waals surface area contributed by atoms with Crippen LogP contribution in [-0.4, -0.2) is 50.8 Å². The highest BCUT2D eigenvalue weighted by molar-refractivity contribution is 5.90. The molecule has 2 atom stereocenters. The minimum Gasteiger partial charge on any atom is -0.361 e. The van der Waals surface area contributed by atoms with Gasteiger partial charge in [0.05, 0.1) is 18.3 Å². The third-order valence-corrected chi connectivity index (χ3v) is 6.26. The highest BCUT2D eigenvalue weighted by Crippen LogP contribution is 2.24. The van der Waals surface area contributed by atoms with Crippen LogP contribution in [0.15, 0.2) is 60.9 Å². The summed E-state index contributed by atoms with van der Waals surface area (Å²) >= 11 is 0. The number of nitrogens with zero attached hydrogens (tertiary/aromatic N) is 4. The highest BCUT2D eigenvalue weighted by atomic mass is 16.2. The van der Waals surface area contributed by atoms with Crippen LogP contribution in [-0.2, 0) is 9.59 Å². The van der Waals surface area contributed by atoms with Gasteiger partial charge in [-0.3, -0.25) is 14.6 Å². The predicted octanol–water partition coefficient (Wildman–Crippen LogP) is 3.61. The molecule has 3 heterocycles. The molecule has 8 nitrogen and oxygen atoms in total. The van der Waals surface area contributed by atoms with Crippen LogP contribution in [0, 0.1) is 6.92 Å². The molecule has 1 aliphatic heterocycles. The van der Waals surface area contributed by atoms with Crippen molar-refractivity contribution in [3.8, 4) is 0 Å². The van der Waals surface area contributed by atoms with E-state index in [1.54, 1.807) is 24.1 Å². The Morgan fingerprint density at radius 1 is 1.06 bits per heavy atom. The van der Waals surface area contributed by atoms with E-state index in [0.29, 0.717) is 30.5 Å².